The molecule has 0 aromatic heterocycles. The van der Waals surface area contributed by atoms with Crippen LogP contribution < -0.4 is 10.1 Å². The smallest absolute Gasteiger partial charge is 0.307 e. The van der Waals surface area contributed by atoms with Gasteiger partial charge in [0.2, 0.25) is 0 Å². The highest BCUT2D eigenvalue weighted by atomic mass is 79.9. The molecular formula is C17H16Br2ClNO3. The Morgan fingerprint density at radius 1 is 1.29 bits per heavy atom. The highest BCUT2D eigenvalue weighted by Crippen LogP contribution is 2.36. The number of benzene rings is 2. The first-order valence-corrected chi connectivity index (χ1v) is 9.22. The molecule has 24 heavy (non-hydrogen) atoms. The van der Waals surface area contributed by atoms with Crippen molar-refractivity contribution >= 4 is 55.1 Å². The lowest BCUT2D eigenvalue weighted by atomic mass is 10.1. The van der Waals surface area contributed by atoms with E-state index in [-0.39, 0.29) is 6.42 Å². The molecule has 2 aromatic carbocycles. The van der Waals surface area contributed by atoms with E-state index in [0.29, 0.717) is 31.9 Å². The Labute approximate surface area is 162 Å². The maximum absolute atomic E-state index is 10.8. The largest absolute Gasteiger partial charge is 0.486 e. The van der Waals surface area contributed by atoms with E-state index >= 15 is 0 Å². The van der Waals surface area contributed by atoms with Crippen molar-refractivity contribution in [3.63, 3.8) is 0 Å². The summed E-state index contributed by atoms with van der Waals surface area (Å²) < 4.78 is 7.25. The summed E-state index contributed by atoms with van der Waals surface area (Å²) in [6.07, 6.45) is -0.0476. The van der Waals surface area contributed by atoms with Gasteiger partial charge in [0, 0.05) is 12.1 Å². The quantitative estimate of drug-likeness (QED) is 0.553. The van der Waals surface area contributed by atoms with Crippen molar-refractivity contribution < 1.29 is 14.6 Å². The zero-order chi connectivity index (χ0) is 17.7. The summed E-state index contributed by atoms with van der Waals surface area (Å²) in [5.74, 6) is -0.274. The Bertz CT molecular complexity index is 730. The first kappa shape index (κ1) is 19.1. The highest BCUT2D eigenvalue weighted by molar-refractivity contribution is 9.11. The number of rotatable bonds is 7. The summed E-state index contributed by atoms with van der Waals surface area (Å²) in [6, 6.07) is 9.23. The number of carbonyl (C=O) groups is 1. The number of anilines is 1. The number of aliphatic carboxylic acids is 1. The zero-order valence-electron chi connectivity index (χ0n) is 12.9. The molecule has 7 heteroatoms. The Kier molecular flexibility index (Phi) is 6.95. The van der Waals surface area contributed by atoms with Crippen LogP contribution in [0.1, 0.15) is 18.1 Å². The van der Waals surface area contributed by atoms with Crippen LogP contribution in [0.5, 0.6) is 5.75 Å². The average molecular weight is 478 g/mol. The minimum atomic E-state index is -0.880. The lowest BCUT2D eigenvalue weighted by Crippen LogP contribution is -2.03. The molecule has 128 valence electrons. The molecule has 0 bridgehead atoms. The topological polar surface area (TPSA) is 58.6 Å². The Morgan fingerprint density at radius 3 is 2.54 bits per heavy atom. The fraction of sp³-hybridized carbons (Fsp3) is 0.235. The van der Waals surface area contributed by atoms with Gasteiger partial charge in [0.1, 0.15) is 12.4 Å². The Balaban J connectivity index is 2.18. The summed E-state index contributed by atoms with van der Waals surface area (Å²) in [6.45, 7) is 3.09. The number of halogens is 3. The zero-order valence-corrected chi connectivity index (χ0v) is 16.8. The third kappa shape index (κ3) is 4.88. The van der Waals surface area contributed by atoms with Crippen LogP contribution in [0, 0.1) is 0 Å². The summed E-state index contributed by atoms with van der Waals surface area (Å²) in [7, 11) is 0. The van der Waals surface area contributed by atoms with E-state index in [9.17, 15) is 4.79 Å². The highest BCUT2D eigenvalue weighted by Gasteiger charge is 2.13. The van der Waals surface area contributed by atoms with E-state index in [0.717, 1.165) is 17.8 Å². The van der Waals surface area contributed by atoms with Crippen molar-refractivity contribution in [2.24, 2.45) is 0 Å². The van der Waals surface area contributed by atoms with Crippen molar-refractivity contribution in [1.82, 2.24) is 0 Å². The molecule has 0 spiro atoms. The van der Waals surface area contributed by atoms with Crippen molar-refractivity contribution in [2.75, 3.05) is 11.9 Å². The second kappa shape index (κ2) is 8.74. The fourth-order valence-electron chi connectivity index (χ4n) is 2.20. The van der Waals surface area contributed by atoms with E-state index in [4.69, 9.17) is 21.4 Å². The molecule has 2 rings (SSSR count). The molecule has 0 saturated carbocycles. The second-order valence-corrected chi connectivity index (χ2v) is 7.14. The minimum Gasteiger partial charge on any atom is -0.486 e. The molecule has 0 aliphatic carbocycles. The van der Waals surface area contributed by atoms with Gasteiger partial charge in [-0.3, -0.25) is 4.79 Å². The normalized spacial score (nSPS) is 10.5. The molecule has 0 heterocycles. The summed E-state index contributed by atoms with van der Waals surface area (Å²) in [5.41, 5.74) is 2.42. The molecule has 0 radical (unpaired) electrons. The van der Waals surface area contributed by atoms with Gasteiger partial charge in [-0.05, 0) is 62.5 Å². The Hall–Kier alpha value is -1.24. The van der Waals surface area contributed by atoms with Gasteiger partial charge in [0.05, 0.1) is 26.1 Å². The second-order valence-electron chi connectivity index (χ2n) is 5.06. The number of nitrogens with one attached hydrogen (secondary N) is 1. The van der Waals surface area contributed by atoms with E-state index in [1.807, 2.05) is 25.1 Å². The molecule has 2 N–H and O–H groups in total. The van der Waals surface area contributed by atoms with Gasteiger partial charge in [-0.1, -0.05) is 23.7 Å². The molecule has 0 fully saturated rings. The first-order valence-electron chi connectivity index (χ1n) is 7.26. The number of ether oxygens (including phenoxy) is 1. The molecule has 0 aliphatic rings. The molecule has 0 amide bonds. The van der Waals surface area contributed by atoms with Gasteiger partial charge >= 0.3 is 5.97 Å². The van der Waals surface area contributed by atoms with Gasteiger partial charge in [-0.25, -0.2) is 0 Å². The van der Waals surface area contributed by atoms with E-state index < -0.39 is 5.97 Å². The summed E-state index contributed by atoms with van der Waals surface area (Å²) in [5, 5.41) is 12.7. The van der Waals surface area contributed by atoms with E-state index in [1.165, 1.54) is 0 Å². The van der Waals surface area contributed by atoms with Crippen LogP contribution in [0.3, 0.4) is 0 Å². The molecule has 4 nitrogen and oxygen atoms in total. The fourth-order valence-corrected chi connectivity index (χ4v) is 3.95. The number of hydrogen-bond acceptors (Lipinski definition) is 3. The third-order valence-corrected chi connectivity index (χ3v) is 4.86. The van der Waals surface area contributed by atoms with Crippen LogP contribution in [-0.2, 0) is 17.8 Å². The monoisotopic (exact) mass is 475 g/mol. The third-order valence-electron chi connectivity index (χ3n) is 3.23. The minimum absolute atomic E-state index is 0.0476. The van der Waals surface area contributed by atoms with Crippen LogP contribution in [-0.4, -0.2) is 17.6 Å². The van der Waals surface area contributed by atoms with Crippen LogP contribution >= 0.6 is 43.5 Å². The predicted octanol–water partition coefficient (Wildman–Crippen LogP) is 5.50. The lowest BCUT2D eigenvalue weighted by molar-refractivity contribution is -0.136. The van der Waals surface area contributed by atoms with Crippen molar-refractivity contribution in [2.45, 2.75) is 20.0 Å². The first-order chi connectivity index (χ1) is 11.4. The van der Waals surface area contributed by atoms with Gasteiger partial charge in [0.15, 0.2) is 0 Å². The molecule has 0 aliphatic heterocycles. The molecular weight excluding hydrogens is 461 g/mol. The van der Waals surface area contributed by atoms with Gasteiger partial charge in [-0.2, -0.15) is 0 Å². The molecule has 0 saturated heterocycles. The molecule has 0 atom stereocenters. The molecule has 2 aromatic rings. The lowest BCUT2D eigenvalue weighted by Gasteiger charge is -2.14. The van der Waals surface area contributed by atoms with Crippen molar-refractivity contribution in [3.8, 4) is 5.75 Å². The van der Waals surface area contributed by atoms with Crippen LogP contribution in [0.25, 0.3) is 0 Å². The van der Waals surface area contributed by atoms with Gasteiger partial charge in [-0.15, -0.1) is 0 Å². The standard InChI is InChI=1S/C17H16Br2ClNO3/c1-2-21-14-5-3-4-11(16(14)20)9-24-17-12(18)6-10(7-13(17)19)8-15(22)23/h3-7,21H,2,8-9H2,1H3,(H,22,23). The maximum atomic E-state index is 10.8. The van der Waals surface area contributed by atoms with Crippen LogP contribution in [0.15, 0.2) is 39.3 Å². The number of carboxylic acids is 1. The van der Waals surface area contributed by atoms with Crippen LogP contribution in [0.4, 0.5) is 5.69 Å². The van der Waals surface area contributed by atoms with Crippen molar-refractivity contribution in [1.29, 1.82) is 0 Å². The Morgan fingerprint density at radius 2 is 1.96 bits per heavy atom. The summed E-state index contributed by atoms with van der Waals surface area (Å²) >= 11 is 13.2. The van der Waals surface area contributed by atoms with Gasteiger partial charge < -0.3 is 15.2 Å². The maximum Gasteiger partial charge on any atom is 0.307 e. The van der Waals surface area contributed by atoms with E-state index in [1.54, 1.807) is 12.1 Å². The molecule has 0 unspecified atom stereocenters. The van der Waals surface area contributed by atoms with Gasteiger partial charge in [0.25, 0.3) is 0 Å². The van der Waals surface area contributed by atoms with E-state index in [2.05, 4.69) is 37.2 Å². The average Bonchev–Trinajstić information content (AvgIpc) is 2.49. The predicted molar refractivity (Wildman–Crippen MR) is 103 cm³/mol. The SMILES string of the molecule is CCNc1cccc(COc2c(Br)cc(CC(=O)O)cc2Br)c1Cl. The van der Waals surface area contributed by atoms with Crippen LogP contribution in [0.2, 0.25) is 5.02 Å². The number of hydrogen-bond donors (Lipinski definition) is 2. The number of carboxylic acid groups (broad SMARTS) is 1. The summed E-state index contributed by atoms with van der Waals surface area (Å²) in [4.78, 5) is 10.8. The van der Waals surface area contributed by atoms with Crippen molar-refractivity contribution in [3.05, 3.63) is 55.4 Å².